The first kappa shape index (κ1) is 11.2. The summed E-state index contributed by atoms with van der Waals surface area (Å²) in [6, 6.07) is 0.791. The molecular formula is C7H15ClN2O2S. The zero-order chi connectivity index (χ0) is 8.77. The van der Waals surface area contributed by atoms with Crippen LogP contribution in [-0.2, 0) is 10.0 Å². The molecule has 0 aliphatic carbocycles. The maximum Gasteiger partial charge on any atom is 0.212 e. The van der Waals surface area contributed by atoms with E-state index in [4.69, 9.17) is 5.14 Å². The maximum absolute atomic E-state index is 11.1. The number of sulfonamides is 1. The Morgan fingerprint density at radius 2 is 1.62 bits per heavy atom. The van der Waals surface area contributed by atoms with Crippen molar-refractivity contribution in [3.63, 3.8) is 0 Å². The van der Waals surface area contributed by atoms with Gasteiger partial charge >= 0.3 is 0 Å². The number of halogens is 1. The fourth-order valence-corrected chi connectivity index (χ4v) is 3.27. The van der Waals surface area contributed by atoms with Crippen molar-refractivity contribution in [3.8, 4) is 0 Å². The molecule has 0 aromatic rings. The van der Waals surface area contributed by atoms with E-state index >= 15 is 0 Å². The lowest BCUT2D eigenvalue weighted by atomic mass is 10.1. The molecule has 78 valence electrons. The normalized spacial score (nSPS) is 38.4. The fraction of sp³-hybridized carbons (Fsp3) is 1.00. The number of nitrogens with two attached hydrogens (primary N) is 1. The second-order valence-electron chi connectivity index (χ2n) is 3.82. The molecule has 2 rings (SSSR count). The molecule has 2 saturated heterocycles. The third-order valence-corrected chi connectivity index (χ3v) is 4.21. The number of hydrogen-bond acceptors (Lipinski definition) is 3. The average Bonchev–Trinajstić information content (AvgIpc) is 2.28. The first-order valence-corrected chi connectivity index (χ1v) is 5.94. The lowest BCUT2D eigenvalue weighted by Crippen LogP contribution is -2.45. The standard InChI is InChI=1S/C7H14N2O2S.ClH/c8-12(10,11)7-3-5-1-2-6(4-7)9-5;/h5-7,9H,1-4H2,(H2,8,10,11);1H/t5-,6+,7-;. The zero-order valence-corrected chi connectivity index (χ0v) is 8.90. The van der Waals surface area contributed by atoms with Gasteiger partial charge in [0, 0.05) is 12.1 Å². The summed E-state index contributed by atoms with van der Waals surface area (Å²) in [6.45, 7) is 0. The third kappa shape index (κ3) is 2.34. The Kier molecular flexibility index (Phi) is 3.22. The van der Waals surface area contributed by atoms with Crippen molar-refractivity contribution in [2.24, 2.45) is 5.14 Å². The van der Waals surface area contributed by atoms with Crippen LogP contribution in [0, 0.1) is 0 Å². The summed E-state index contributed by atoms with van der Waals surface area (Å²) in [5.74, 6) is 0. The van der Waals surface area contributed by atoms with Gasteiger partial charge in [0.25, 0.3) is 0 Å². The minimum absolute atomic E-state index is 0. The van der Waals surface area contributed by atoms with Crippen LogP contribution in [0.3, 0.4) is 0 Å². The van der Waals surface area contributed by atoms with Crippen molar-refractivity contribution in [2.45, 2.75) is 43.0 Å². The molecule has 0 aromatic heterocycles. The molecule has 0 unspecified atom stereocenters. The first-order valence-electron chi connectivity index (χ1n) is 4.33. The van der Waals surface area contributed by atoms with Gasteiger partial charge in [0.2, 0.25) is 10.0 Å². The second-order valence-corrected chi connectivity index (χ2v) is 5.67. The van der Waals surface area contributed by atoms with Crippen molar-refractivity contribution in [1.29, 1.82) is 0 Å². The Morgan fingerprint density at radius 1 is 1.15 bits per heavy atom. The Balaban J connectivity index is 0.000000845. The SMILES string of the molecule is Cl.NS(=O)(=O)[C@@H]1C[C@H]2CC[C@@H](C1)N2. The van der Waals surface area contributed by atoms with Gasteiger partial charge in [-0.15, -0.1) is 12.4 Å². The van der Waals surface area contributed by atoms with E-state index in [1.807, 2.05) is 0 Å². The zero-order valence-electron chi connectivity index (χ0n) is 7.27. The van der Waals surface area contributed by atoms with Crippen LogP contribution in [0.2, 0.25) is 0 Å². The molecule has 2 heterocycles. The number of primary sulfonamides is 1. The lowest BCUT2D eigenvalue weighted by Gasteiger charge is -2.27. The van der Waals surface area contributed by atoms with Crippen molar-refractivity contribution in [1.82, 2.24) is 5.32 Å². The average molecular weight is 227 g/mol. The highest BCUT2D eigenvalue weighted by Crippen LogP contribution is 2.29. The van der Waals surface area contributed by atoms with Gasteiger partial charge in [-0.3, -0.25) is 0 Å². The fourth-order valence-electron chi connectivity index (χ4n) is 2.27. The van der Waals surface area contributed by atoms with Crippen molar-refractivity contribution >= 4 is 22.4 Å². The molecule has 4 nitrogen and oxygen atoms in total. The molecular weight excluding hydrogens is 212 g/mol. The number of hydrogen-bond donors (Lipinski definition) is 2. The summed E-state index contributed by atoms with van der Waals surface area (Å²) < 4.78 is 22.1. The van der Waals surface area contributed by atoms with E-state index < -0.39 is 10.0 Å². The van der Waals surface area contributed by atoms with Gasteiger partial charge in [0.05, 0.1) is 5.25 Å². The van der Waals surface area contributed by atoms with E-state index in [2.05, 4.69) is 5.32 Å². The van der Waals surface area contributed by atoms with Gasteiger partial charge < -0.3 is 5.32 Å². The Bertz CT molecular complexity index is 268. The summed E-state index contributed by atoms with van der Waals surface area (Å²) >= 11 is 0. The molecule has 0 aromatic carbocycles. The van der Waals surface area contributed by atoms with Crippen LogP contribution in [0.1, 0.15) is 25.7 Å². The lowest BCUT2D eigenvalue weighted by molar-refractivity contribution is 0.401. The minimum atomic E-state index is -3.29. The monoisotopic (exact) mass is 226 g/mol. The molecule has 0 radical (unpaired) electrons. The van der Waals surface area contributed by atoms with Gasteiger partial charge in [-0.2, -0.15) is 0 Å². The van der Waals surface area contributed by atoms with Crippen LogP contribution in [0.25, 0.3) is 0 Å². The van der Waals surface area contributed by atoms with Crippen LogP contribution in [0.4, 0.5) is 0 Å². The van der Waals surface area contributed by atoms with E-state index in [9.17, 15) is 8.42 Å². The molecule has 6 heteroatoms. The predicted molar refractivity (Wildman–Crippen MR) is 53.3 cm³/mol. The van der Waals surface area contributed by atoms with E-state index in [0.29, 0.717) is 24.9 Å². The number of piperidine rings is 1. The van der Waals surface area contributed by atoms with Gasteiger partial charge in [-0.25, -0.2) is 13.6 Å². The molecule has 0 spiro atoms. The third-order valence-electron chi connectivity index (χ3n) is 2.89. The van der Waals surface area contributed by atoms with E-state index in [1.54, 1.807) is 0 Å². The highest BCUT2D eigenvalue weighted by atomic mass is 35.5. The Hall–Kier alpha value is 0.160. The van der Waals surface area contributed by atoms with Crippen LogP contribution < -0.4 is 10.5 Å². The Labute approximate surface area is 84.7 Å². The highest BCUT2D eigenvalue weighted by Gasteiger charge is 2.37. The van der Waals surface area contributed by atoms with Crippen molar-refractivity contribution < 1.29 is 8.42 Å². The largest absolute Gasteiger partial charge is 0.311 e. The molecule has 2 aliphatic heterocycles. The number of fused-ring (bicyclic) bond motifs is 2. The molecule has 13 heavy (non-hydrogen) atoms. The van der Waals surface area contributed by atoms with E-state index in [-0.39, 0.29) is 17.7 Å². The molecule has 3 atom stereocenters. The van der Waals surface area contributed by atoms with Crippen LogP contribution in [0.15, 0.2) is 0 Å². The van der Waals surface area contributed by atoms with Gasteiger partial charge in [0.15, 0.2) is 0 Å². The quantitative estimate of drug-likeness (QED) is 0.660. The molecule has 0 saturated carbocycles. The van der Waals surface area contributed by atoms with Gasteiger partial charge in [-0.1, -0.05) is 0 Å². The predicted octanol–water partition coefficient (Wildman–Crippen LogP) is -0.0203. The van der Waals surface area contributed by atoms with Crippen LogP contribution in [0.5, 0.6) is 0 Å². The summed E-state index contributed by atoms with van der Waals surface area (Å²) in [6.07, 6.45) is 3.62. The van der Waals surface area contributed by atoms with Crippen LogP contribution >= 0.6 is 12.4 Å². The molecule has 3 N–H and O–H groups in total. The van der Waals surface area contributed by atoms with Crippen molar-refractivity contribution in [3.05, 3.63) is 0 Å². The summed E-state index contributed by atoms with van der Waals surface area (Å²) in [4.78, 5) is 0. The molecule has 2 bridgehead atoms. The van der Waals surface area contributed by atoms with E-state index in [1.165, 1.54) is 0 Å². The topological polar surface area (TPSA) is 72.2 Å². The molecule has 0 amide bonds. The van der Waals surface area contributed by atoms with Gasteiger partial charge in [-0.05, 0) is 25.7 Å². The number of nitrogens with one attached hydrogen (secondary N) is 1. The van der Waals surface area contributed by atoms with Crippen LogP contribution in [-0.4, -0.2) is 25.8 Å². The summed E-state index contributed by atoms with van der Waals surface area (Å²) in [7, 11) is -3.29. The number of rotatable bonds is 1. The molecule has 2 aliphatic rings. The van der Waals surface area contributed by atoms with Gasteiger partial charge in [0.1, 0.15) is 0 Å². The Morgan fingerprint density at radius 3 is 2.00 bits per heavy atom. The van der Waals surface area contributed by atoms with E-state index in [0.717, 1.165) is 12.8 Å². The minimum Gasteiger partial charge on any atom is -0.311 e. The highest BCUT2D eigenvalue weighted by molar-refractivity contribution is 7.89. The first-order chi connectivity index (χ1) is 5.55. The summed E-state index contributed by atoms with van der Waals surface area (Å²) in [5, 5.41) is 8.18. The maximum atomic E-state index is 11.1. The van der Waals surface area contributed by atoms with Crippen molar-refractivity contribution in [2.75, 3.05) is 0 Å². The summed E-state index contributed by atoms with van der Waals surface area (Å²) in [5.41, 5.74) is 0. The smallest absolute Gasteiger partial charge is 0.212 e. The second kappa shape index (κ2) is 3.73. The molecule has 2 fully saturated rings.